The lowest BCUT2D eigenvalue weighted by atomic mass is 10.0. The van der Waals surface area contributed by atoms with E-state index >= 15 is 0 Å². The Morgan fingerprint density at radius 3 is 1.74 bits per heavy atom. The number of unbranched alkanes of at least 4 members (excludes halogenated alkanes) is 11. The number of carbonyl (C=O) groups is 1. The molecule has 0 bridgehead atoms. The lowest BCUT2D eigenvalue weighted by Gasteiger charge is -2.18. The van der Waals surface area contributed by atoms with Crippen LogP contribution in [0.1, 0.15) is 90.4 Å². The molecule has 23 heavy (non-hydrogen) atoms. The number of rotatable bonds is 17. The van der Waals surface area contributed by atoms with Gasteiger partial charge in [0.2, 0.25) is 0 Å². The van der Waals surface area contributed by atoms with Gasteiger partial charge < -0.3 is 10.2 Å². The van der Waals surface area contributed by atoms with Gasteiger partial charge in [0.25, 0.3) is 0 Å². The first kappa shape index (κ1) is 22.4. The molecule has 0 heterocycles. The molecule has 0 aromatic heterocycles. The Balaban J connectivity index is 3.24. The Morgan fingerprint density at radius 2 is 1.30 bits per heavy atom. The zero-order chi connectivity index (χ0) is 17.3. The van der Waals surface area contributed by atoms with E-state index in [2.05, 4.69) is 6.92 Å². The second-order valence-electron chi connectivity index (χ2n) is 6.92. The molecule has 138 valence electrons. The summed E-state index contributed by atoms with van der Waals surface area (Å²) < 4.78 is 0. The van der Waals surface area contributed by atoms with Crippen LogP contribution in [0.3, 0.4) is 0 Å². The molecule has 4 nitrogen and oxygen atoms in total. The lowest BCUT2D eigenvalue weighted by Crippen LogP contribution is -2.33. The summed E-state index contributed by atoms with van der Waals surface area (Å²) >= 11 is 0. The SMILES string of the molecule is CCCCCCCCCCCCCCC(O)CN(C)CC(=O)O. The van der Waals surface area contributed by atoms with Gasteiger partial charge in [0.05, 0.1) is 12.6 Å². The van der Waals surface area contributed by atoms with Gasteiger partial charge in [0.15, 0.2) is 0 Å². The molecule has 1 atom stereocenters. The molecule has 0 aliphatic heterocycles. The molecule has 4 heteroatoms. The van der Waals surface area contributed by atoms with Gasteiger partial charge in [0.1, 0.15) is 0 Å². The number of aliphatic hydroxyl groups excluding tert-OH is 1. The highest BCUT2D eigenvalue weighted by atomic mass is 16.4. The zero-order valence-corrected chi connectivity index (χ0v) is 15.4. The minimum atomic E-state index is -0.843. The molecule has 1 unspecified atom stereocenters. The van der Waals surface area contributed by atoms with Crippen LogP contribution >= 0.6 is 0 Å². The standard InChI is InChI=1S/C19H39NO3/c1-3-4-5-6-7-8-9-10-11-12-13-14-15-18(21)16-20(2)17-19(22)23/h18,21H,3-17H2,1-2H3,(H,22,23). The van der Waals surface area contributed by atoms with Crippen LogP contribution < -0.4 is 0 Å². The summed E-state index contributed by atoms with van der Waals surface area (Å²) in [6, 6.07) is 0. The molecule has 2 N–H and O–H groups in total. The molecule has 0 saturated carbocycles. The smallest absolute Gasteiger partial charge is 0.317 e. The van der Waals surface area contributed by atoms with Gasteiger partial charge in [-0.25, -0.2) is 0 Å². The predicted molar refractivity (Wildman–Crippen MR) is 96.8 cm³/mol. The third-order valence-electron chi connectivity index (χ3n) is 4.32. The molecule has 0 aliphatic rings. The Morgan fingerprint density at radius 1 is 0.870 bits per heavy atom. The van der Waals surface area contributed by atoms with E-state index in [4.69, 9.17) is 5.11 Å². The Bertz CT molecular complexity index is 271. The molecule has 0 rings (SSSR count). The largest absolute Gasteiger partial charge is 0.480 e. The van der Waals surface area contributed by atoms with E-state index in [1.165, 1.54) is 70.6 Å². The molecule has 0 aromatic rings. The number of hydrogen-bond donors (Lipinski definition) is 2. The highest BCUT2D eigenvalue weighted by Crippen LogP contribution is 2.13. The van der Waals surface area contributed by atoms with Crippen molar-refractivity contribution in [3.63, 3.8) is 0 Å². The van der Waals surface area contributed by atoms with Crippen molar-refractivity contribution in [2.45, 2.75) is 96.5 Å². The van der Waals surface area contributed by atoms with Crippen LogP contribution in [0.4, 0.5) is 0 Å². The number of carboxylic acids is 1. The van der Waals surface area contributed by atoms with Gasteiger partial charge >= 0.3 is 5.97 Å². The average molecular weight is 330 g/mol. The van der Waals surface area contributed by atoms with E-state index in [-0.39, 0.29) is 6.54 Å². The maximum atomic E-state index is 10.5. The third-order valence-corrected chi connectivity index (χ3v) is 4.32. The van der Waals surface area contributed by atoms with Crippen LogP contribution in [-0.2, 0) is 4.79 Å². The van der Waals surface area contributed by atoms with Gasteiger partial charge in [-0.2, -0.15) is 0 Å². The molecule has 0 radical (unpaired) electrons. The first-order chi connectivity index (χ1) is 11.1. The molecule has 0 aliphatic carbocycles. The molecule has 0 amide bonds. The van der Waals surface area contributed by atoms with Crippen LogP contribution in [0.2, 0.25) is 0 Å². The number of likely N-dealkylation sites (N-methyl/N-ethyl adjacent to an activating group) is 1. The van der Waals surface area contributed by atoms with Crippen LogP contribution in [-0.4, -0.2) is 47.3 Å². The highest BCUT2D eigenvalue weighted by molar-refractivity contribution is 5.68. The quantitative estimate of drug-likeness (QED) is 0.387. The van der Waals surface area contributed by atoms with E-state index in [0.717, 1.165) is 12.8 Å². The van der Waals surface area contributed by atoms with Gasteiger partial charge in [-0.05, 0) is 13.5 Å². The summed E-state index contributed by atoms with van der Waals surface area (Å²) in [5, 5.41) is 18.5. The molecular weight excluding hydrogens is 290 g/mol. The van der Waals surface area contributed by atoms with Crippen molar-refractivity contribution in [2.75, 3.05) is 20.1 Å². The summed E-state index contributed by atoms with van der Waals surface area (Å²) in [5.74, 6) is -0.843. The fourth-order valence-electron chi connectivity index (χ4n) is 2.97. The highest BCUT2D eigenvalue weighted by Gasteiger charge is 2.10. The van der Waals surface area contributed by atoms with Crippen molar-refractivity contribution in [1.82, 2.24) is 4.90 Å². The minimum absolute atomic E-state index is 0.00446. The number of aliphatic carboxylic acids is 1. The van der Waals surface area contributed by atoms with Crippen LogP contribution in [0, 0.1) is 0 Å². The average Bonchev–Trinajstić information content (AvgIpc) is 2.47. The van der Waals surface area contributed by atoms with Crippen LogP contribution in [0.5, 0.6) is 0 Å². The molecular formula is C19H39NO3. The second-order valence-corrected chi connectivity index (χ2v) is 6.92. The topological polar surface area (TPSA) is 60.8 Å². The van der Waals surface area contributed by atoms with Gasteiger partial charge in [-0.15, -0.1) is 0 Å². The molecule has 0 spiro atoms. The molecule has 0 saturated heterocycles. The Hall–Kier alpha value is -0.610. The Kier molecular flexibility index (Phi) is 15.8. The fraction of sp³-hybridized carbons (Fsp3) is 0.947. The van der Waals surface area contributed by atoms with E-state index in [1.807, 2.05) is 0 Å². The minimum Gasteiger partial charge on any atom is -0.480 e. The number of aliphatic hydroxyl groups is 1. The van der Waals surface area contributed by atoms with Crippen LogP contribution in [0.15, 0.2) is 0 Å². The summed E-state index contributed by atoms with van der Waals surface area (Å²) in [4.78, 5) is 12.2. The van der Waals surface area contributed by atoms with Crippen LogP contribution in [0.25, 0.3) is 0 Å². The lowest BCUT2D eigenvalue weighted by molar-refractivity contribution is -0.138. The van der Waals surface area contributed by atoms with E-state index in [1.54, 1.807) is 11.9 Å². The van der Waals surface area contributed by atoms with Crippen molar-refractivity contribution < 1.29 is 15.0 Å². The Labute approximate surface area is 143 Å². The summed E-state index contributed by atoms with van der Waals surface area (Å²) in [5.41, 5.74) is 0. The molecule has 0 fully saturated rings. The summed E-state index contributed by atoms with van der Waals surface area (Å²) in [6.45, 7) is 2.70. The normalized spacial score (nSPS) is 12.7. The first-order valence-corrected chi connectivity index (χ1v) is 9.64. The van der Waals surface area contributed by atoms with Gasteiger partial charge in [0, 0.05) is 6.54 Å². The predicted octanol–water partition coefficient (Wildman–Crippen LogP) is 4.45. The van der Waals surface area contributed by atoms with Crippen molar-refractivity contribution in [2.24, 2.45) is 0 Å². The zero-order valence-electron chi connectivity index (χ0n) is 15.4. The third kappa shape index (κ3) is 17.6. The van der Waals surface area contributed by atoms with E-state index in [0.29, 0.717) is 6.54 Å². The molecule has 0 aromatic carbocycles. The maximum absolute atomic E-state index is 10.5. The fourth-order valence-corrected chi connectivity index (χ4v) is 2.97. The summed E-state index contributed by atoms with van der Waals surface area (Å²) in [7, 11) is 1.74. The second kappa shape index (κ2) is 16.3. The van der Waals surface area contributed by atoms with E-state index < -0.39 is 12.1 Å². The first-order valence-electron chi connectivity index (χ1n) is 9.64. The number of carboxylic acid groups (broad SMARTS) is 1. The number of nitrogens with zero attached hydrogens (tertiary/aromatic N) is 1. The van der Waals surface area contributed by atoms with Crippen molar-refractivity contribution in [3.05, 3.63) is 0 Å². The van der Waals surface area contributed by atoms with Gasteiger partial charge in [-0.3, -0.25) is 9.69 Å². The van der Waals surface area contributed by atoms with E-state index in [9.17, 15) is 9.90 Å². The van der Waals surface area contributed by atoms with Crippen molar-refractivity contribution in [1.29, 1.82) is 0 Å². The van der Waals surface area contributed by atoms with Gasteiger partial charge in [-0.1, -0.05) is 84.0 Å². The monoisotopic (exact) mass is 329 g/mol. The maximum Gasteiger partial charge on any atom is 0.317 e. The number of hydrogen-bond acceptors (Lipinski definition) is 3. The summed E-state index contributed by atoms with van der Waals surface area (Å²) in [6.07, 6.45) is 16.2. The van der Waals surface area contributed by atoms with Crippen molar-refractivity contribution >= 4 is 5.97 Å². The van der Waals surface area contributed by atoms with Crippen molar-refractivity contribution in [3.8, 4) is 0 Å².